The van der Waals surface area contributed by atoms with Crippen LogP contribution in [0.1, 0.15) is 65.9 Å². The van der Waals surface area contributed by atoms with Gasteiger partial charge >= 0.3 is 0 Å². The lowest BCUT2D eigenvalue weighted by molar-refractivity contribution is 0.192. The Morgan fingerprint density at radius 3 is 2.22 bits per heavy atom. The molecule has 0 saturated carbocycles. The lowest BCUT2D eigenvalue weighted by atomic mass is 9.78. The summed E-state index contributed by atoms with van der Waals surface area (Å²) in [6.07, 6.45) is 2.47. The van der Waals surface area contributed by atoms with Gasteiger partial charge in [-0.15, -0.1) is 0 Å². The van der Waals surface area contributed by atoms with Crippen LogP contribution in [-0.4, -0.2) is 6.10 Å². The number of hydrogen-bond donors (Lipinski definition) is 0. The summed E-state index contributed by atoms with van der Waals surface area (Å²) in [5.74, 6) is 1.54. The average Bonchev–Trinajstić information content (AvgIpc) is 2.34. The van der Waals surface area contributed by atoms with Gasteiger partial charge in [-0.05, 0) is 41.9 Å². The van der Waals surface area contributed by atoms with Crippen LogP contribution in [-0.2, 0) is 0 Å². The zero-order valence-electron chi connectivity index (χ0n) is 12.8. The molecular weight excluding hydrogens is 220 g/mol. The highest BCUT2D eigenvalue weighted by Crippen LogP contribution is 2.35. The first-order valence-corrected chi connectivity index (χ1v) is 7.15. The van der Waals surface area contributed by atoms with Gasteiger partial charge in [0.1, 0.15) is 5.75 Å². The molecule has 0 heterocycles. The SMILES string of the molecule is CCC(CC)Oc1cccc(C(C)C(C)(C)C)c1. The summed E-state index contributed by atoms with van der Waals surface area (Å²) in [6, 6.07) is 8.58. The lowest BCUT2D eigenvalue weighted by Gasteiger charge is -2.28. The molecule has 1 rings (SSSR count). The van der Waals surface area contributed by atoms with Crippen LogP contribution in [0.3, 0.4) is 0 Å². The fourth-order valence-corrected chi connectivity index (χ4v) is 2.00. The minimum atomic E-state index is 0.285. The minimum absolute atomic E-state index is 0.285. The third-order valence-corrected chi connectivity index (χ3v) is 3.87. The first-order chi connectivity index (χ1) is 8.38. The molecule has 0 amide bonds. The van der Waals surface area contributed by atoms with E-state index in [1.165, 1.54) is 5.56 Å². The van der Waals surface area contributed by atoms with E-state index in [1.807, 2.05) is 0 Å². The molecule has 1 unspecified atom stereocenters. The van der Waals surface area contributed by atoms with Crippen molar-refractivity contribution < 1.29 is 4.74 Å². The fraction of sp³-hybridized carbons (Fsp3) is 0.647. The van der Waals surface area contributed by atoms with Crippen molar-refractivity contribution in [3.05, 3.63) is 29.8 Å². The smallest absolute Gasteiger partial charge is 0.119 e. The van der Waals surface area contributed by atoms with E-state index in [-0.39, 0.29) is 5.41 Å². The van der Waals surface area contributed by atoms with Crippen molar-refractivity contribution in [2.45, 2.75) is 66.4 Å². The molecule has 0 aliphatic carbocycles. The standard InChI is InChI=1S/C17H28O/c1-7-15(8-2)18-16-11-9-10-14(12-16)13(3)17(4,5)6/h9-13,15H,7-8H2,1-6H3. The minimum Gasteiger partial charge on any atom is -0.490 e. The van der Waals surface area contributed by atoms with E-state index in [2.05, 4.69) is 65.8 Å². The molecule has 1 heteroatoms. The molecule has 0 N–H and O–H groups in total. The molecule has 18 heavy (non-hydrogen) atoms. The Morgan fingerprint density at radius 1 is 1.11 bits per heavy atom. The number of ether oxygens (including phenoxy) is 1. The van der Waals surface area contributed by atoms with Crippen LogP contribution in [0.2, 0.25) is 0 Å². The van der Waals surface area contributed by atoms with Crippen molar-refractivity contribution >= 4 is 0 Å². The van der Waals surface area contributed by atoms with Crippen molar-refractivity contribution in [2.24, 2.45) is 5.41 Å². The van der Waals surface area contributed by atoms with E-state index in [1.54, 1.807) is 0 Å². The van der Waals surface area contributed by atoms with E-state index in [0.29, 0.717) is 12.0 Å². The van der Waals surface area contributed by atoms with Crippen molar-refractivity contribution in [1.29, 1.82) is 0 Å². The van der Waals surface area contributed by atoms with Crippen LogP contribution in [0.15, 0.2) is 24.3 Å². The summed E-state index contributed by atoms with van der Waals surface area (Å²) in [7, 11) is 0. The van der Waals surface area contributed by atoms with Gasteiger partial charge in [0.05, 0.1) is 6.10 Å². The maximum atomic E-state index is 6.02. The molecule has 0 bridgehead atoms. The Balaban J connectivity index is 2.85. The molecule has 102 valence electrons. The highest BCUT2D eigenvalue weighted by Gasteiger charge is 2.22. The molecule has 0 fully saturated rings. The first kappa shape index (κ1) is 15.1. The zero-order chi connectivity index (χ0) is 13.8. The lowest BCUT2D eigenvalue weighted by Crippen LogP contribution is -2.16. The van der Waals surface area contributed by atoms with E-state index in [4.69, 9.17) is 4.74 Å². The topological polar surface area (TPSA) is 9.23 Å². The van der Waals surface area contributed by atoms with Crippen LogP contribution in [0.25, 0.3) is 0 Å². The molecule has 0 aromatic heterocycles. The largest absolute Gasteiger partial charge is 0.490 e. The van der Waals surface area contributed by atoms with Gasteiger partial charge in [0.2, 0.25) is 0 Å². The second kappa shape index (κ2) is 6.26. The fourth-order valence-electron chi connectivity index (χ4n) is 2.00. The van der Waals surface area contributed by atoms with Crippen LogP contribution >= 0.6 is 0 Å². The Hall–Kier alpha value is -0.980. The Labute approximate surface area is 113 Å². The van der Waals surface area contributed by atoms with Gasteiger partial charge in [0.15, 0.2) is 0 Å². The van der Waals surface area contributed by atoms with E-state index in [0.717, 1.165) is 18.6 Å². The van der Waals surface area contributed by atoms with Gasteiger partial charge in [-0.25, -0.2) is 0 Å². The van der Waals surface area contributed by atoms with Gasteiger partial charge < -0.3 is 4.74 Å². The van der Waals surface area contributed by atoms with Gasteiger partial charge in [0.25, 0.3) is 0 Å². The van der Waals surface area contributed by atoms with Crippen LogP contribution in [0, 0.1) is 5.41 Å². The molecule has 0 radical (unpaired) electrons. The quantitative estimate of drug-likeness (QED) is 0.677. The Kier molecular flexibility index (Phi) is 5.25. The van der Waals surface area contributed by atoms with Crippen LogP contribution in [0.5, 0.6) is 5.75 Å². The molecule has 1 aromatic rings. The van der Waals surface area contributed by atoms with Crippen LogP contribution < -0.4 is 4.74 Å². The third-order valence-electron chi connectivity index (χ3n) is 3.87. The predicted octanol–water partition coefficient (Wildman–Crippen LogP) is 5.40. The van der Waals surface area contributed by atoms with Crippen molar-refractivity contribution in [2.75, 3.05) is 0 Å². The molecular formula is C17H28O. The van der Waals surface area contributed by atoms with E-state index >= 15 is 0 Å². The average molecular weight is 248 g/mol. The van der Waals surface area contributed by atoms with Crippen molar-refractivity contribution in [3.8, 4) is 5.75 Å². The second-order valence-corrected chi connectivity index (χ2v) is 6.22. The molecule has 1 atom stereocenters. The Morgan fingerprint density at radius 2 is 1.72 bits per heavy atom. The van der Waals surface area contributed by atoms with Crippen molar-refractivity contribution in [3.63, 3.8) is 0 Å². The maximum Gasteiger partial charge on any atom is 0.119 e. The van der Waals surface area contributed by atoms with Gasteiger partial charge in [-0.1, -0.05) is 53.7 Å². The first-order valence-electron chi connectivity index (χ1n) is 7.15. The monoisotopic (exact) mass is 248 g/mol. The maximum absolute atomic E-state index is 6.02. The number of hydrogen-bond acceptors (Lipinski definition) is 1. The summed E-state index contributed by atoms with van der Waals surface area (Å²) in [6.45, 7) is 13.5. The summed E-state index contributed by atoms with van der Waals surface area (Å²) >= 11 is 0. The summed E-state index contributed by atoms with van der Waals surface area (Å²) in [5, 5.41) is 0. The highest BCUT2D eigenvalue weighted by atomic mass is 16.5. The Bertz CT molecular complexity index is 358. The molecule has 0 spiro atoms. The number of benzene rings is 1. The zero-order valence-corrected chi connectivity index (χ0v) is 12.8. The summed E-state index contributed by atoms with van der Waals surface area (Å²) in [5.41, 5.74) is 1.65. The van der Waals surface area contributed by atoms with Gasteiger partial charge in [0, 0.05) is 0 Å². The normalized spacial score (nSPS) is 13.7. The van der Waals surface area contributed by atoms with E-state index in [9.17, 15) is 0 Å². The molecule has 0 aliphatic rings. The van der Waals surface area contributed by atoms with Gasteiger partial charge in [-0.2, -0.15) is 0 Å². The third kappa shape index (κ3) is 4.04. The summed E-state index contributed by atoms with van der Waals surface area (Å²) < 4.78 is 6.02. The molecule has 1 aromatic carbocycles. The van der Waals surface area contributed by atoms with Crippen LogP contribution in [0.4, 0.5) is 0 Å². The van der Waals surface area contributed by atoms with Crippen molar-refractivity contribution in [1.82, 2.24) is 0 Å². The van der Waals surface area contributed by atoms with Gasteiger partial charge in [-0.3, -0.25) is 0 Å². The number of rotatable bonds is 5. The predicted molar refractivity (Wildman–Crippen MR) is 79.3 cm³/mol. The summed E-state index contributed by atoms with van der Waals surface area (Å²) in [4.78, 5) is 0. The molecule has 0 aliphatic heterocycles. The molecule has 0 saturated heterocycles. The second-order valence-electron chi connectivity index (χ2n) is 6.22. The highest BCUT2D eigenvalue weighted by molar-refractivity contribution is 5.31. The molecule has 1 nitrogen and oxygen atoms in total. The van der Waals surface area contributed by atoms with E-state index < -0.39 is 0 Å².